The highest BCUT2D eigenvalue weighted by Crippen LogP contribution is 2.28. The van der Waals surface area contributed by atoms with Gasteiger partial charge in [0.15, 0.2) is 0 Å². The Morgan fingerprint density at radius 1 is 1.29 bits per heavy atom. The first-order valence-electron chi connectivity index (χ1n) is 8.00. The molecular weight excluding hydrogens is 345 g/mol. The van der Waals surface area contributed by atoms with Gasteiger partial charge in [-0.1, -0.05) is 30.1 Å². The van der Waals surface area contributed by atoms with Crippen LogP contribution in [0.1, 0.15) is 30.3 Å². The molecule has 1 saturated heterocycles. The van der Waals surface area contributed by atoms with Gasteiger partial charge in [0.05, 0.1) is 10.7 Å². The Kier molecular flexibility index (Phi) is 5.27. The van der Waals surface area contributed by atoms with Crippen LogP contribution >= 0.6 is 23.2 Å². The lowest BCUT2D eigenvalue weighted by Gasteiger charge is -2.30. The fourth-order valence-electron chi connectivity index (χ4n) is 2.91. The summed E-state index contributed by atoms with van der Waals surface area (Å²) in [5.74, 6) is 0.518. The molecule has 0 radical (unpaired) electrons. The number of benzene rings is 1. The summed E-state index contributed by atoms with van der Waals surface area (Å²) >= 11 is 12.1. The number of likely N-dealkylation sites (tertiary alicyclic amines) is 1. The molecule has 1 atom stereocenters. The molecule has 6 heteroatoms. The van der Waals surface area contributed by atoms with E-state index in [0.717, 1.165) is 30.9 Å². The standard InChI is InChI=1S/C18H19Cl2N3O/c1-12-3-2-8-23(11-12)18(24)17-10-14(6-7-21-17)22-16-5-4-13(19)9-15(16)20/h4-7,9-10,12H,2-3,8,11H2,1H3,(H,21,22). The fraction of sp³-hybridized carbons (Fsp3) is 0.333. The summed E-state index contributed by atoms with van der Waals surface area (Å²) in [4.78, 5) is 18.8. The van der Waals surface area contributed by atoms with Crippen molar-refractivity contribution in [3.63, 3.8) is 0 Å². The molecule has 2 heterocycles. The maximum absolute atomic E-state index is 12.7. The van der Waals surface area contributed by atoms with E-state index in [9.17, 15) is 4.79 Å². The molecular formula is C18H19Cl2N3O. The van der Waals surface area contributed by atoms with E-state index in [-0.39, 0.29) is 5.91 Å². The van der Waals surface area contributed by atoms with Crippen molar-refractivity contribution in [1.82, 2.24) is 9.88 Å². The summed E-state index contributed by atoms with van der Waals surface area (Å²) in [7, 11) is 0. The third kappa shape index (κ3) is 4.00. The van der Waals surface area contributed by atoms with Crippen LogP contribution in [0.15, 0.2) is 36.5 Å². The average molecular weight is 364 g/mol. The molecule has 1 amide bonds. The number of piperidine rings is 1. The number of carbonyl (C=O) groups is 1. The molecule has 0 spiro atoms. The number of nitrogens with zero attached hydrogens (tertiary/aromatic N) is 2. The molecule has 1 N–H and O–H groups in total. The van der Waals surface area contributed by atoms with Gasteiger partial charge in [0.25, 0.3) is 5.91 Å². The molecule has 4 nitrogen and oxygen atoms in total. The lowest BCUT2D eigenvalue weighted by molar-refractivity contribution is 0.0677. The normalized spacial score (nSPS) is 17.6. The van der Waals surface area contributed by atoms with Crippen LogP contribution in [0.2, 0.25) is 10.0 Å². The van der Waals surface area contributed by atoms with E-state index in [1.807, 2.05) is 4.90 Å². The van der Waals surface area contributed by atoms with E-state index in [1.165, 1.54) is 6.42 Å². The first kappa shape index (κ1) is 17.1. The zero-order chi connectivity index (χ0) is 17.1. The fourth-order valence-corrected chi connectivity index (χ4v) is 3.36. The van der Waals surface area contributed by atoms with Crippen molar-refractivity contribution in [3.8, 4) is 0 Å². The predicted molar refractivity (Wildman–Crippen MR) is 98.3 cm³/mol. The van der Waals surface area contributed by atoms with E-state index in [0.29, 0.717) is 21.7 Å². The predicted octanol–water partition coefficient (Wildman–Crippen LogP) is 5.00. The molecule has 1 aliphatic rings. The van der Waals surface area contributed by atoms with Crippen molar-refractivity contribution in [1.29, 1.82) is 0 Å². The number of halogens is 2. The molecule has 126 valence electrons. The molecule has 24 heavy (non-hydrogen) atoms. The molecule has 1 unspecified atom stereocenters. The number of pyridine rings is 1. The highest BCUT2D eigenvalue weighted by atomic mass is 35.5. The second kappa shape index (κ2) is 7.41. The molecule has 2 aromatic rings. The van der Waals surface area contributed by atoms with Crippen molar-refractivity contribution in [2.45, 2.75) is 19.8 Å². The van der Waals surface area contributed by atoms with Gasteiger partial charge in [0, 0.05) is 30.0 Å². The van der Waals surface area contributed by atoms with E-state index in [2.05, 4.69) is 17.2 Å². The van der Waals surface area contributed by atoms with Crippen molar-refractivity contribution in [3.05, 3.63) is 52.3 Å². The van der Waals surface area contributed by atoms with E-state index in [4.69, 9.17) is 23.2 Å². The maximum atomic E-state index is 12.7. The van der Waals surface area contributed by atoms with Gasteiger partial charge >= 0.3 is 0 Å². The molecule has 1 aromatic heterocycles. The Morgan fingerprint density at radius 2 is 2.12 bits per heavy atom. The number of carbonyl (C=O) groups excluding carboxylic acids is 1. The van der Waals surface area contributed by atoms with Crippen molar-refractivity contribution >= 4 is 40.5 Å². The molecule has 0 bridgehead atoms. The first-order valence-corrected chi connectivity index (χ1v) is 8.76. The van der Waals surface area contributed by atoms with Crippen LogP contribution < -0.4 is 5.32 Å². The van der Waals surface area contributed by atoms with Crippen molar-refractivity contribution in [2.75, 3.05) is 18.4 Å². The maximum Gasteiger partial charge on any atom is 0.272 e. The summed E-state index contributed by atoms with van der Waals surface area (Å²) in [5.41, 5.74) is 1.94. The van der Waals surface area contributed by atoms with E-state index < -0.39 is 0 Å². The Hall–Kier alpha value is -1.78. The highest BCUT2D eigenvalue weighted by molar-refractivity contribution is 6.36. The van der Waals surface area contributed by atoms with Gasteiger partial charge in [0.1, 0.15) is 5.69 Å². The molecule has 0 aliphatic carbocycles. The summed E-state index contributed by atoms with van der Waals surface area (Å²) in [6.07, 6.45) is 3.85. The van der Waals surface area contributed by atoms with Crippen LogP contribution in [0.25, 0.3) is 0 Å². The quantitative estimate of drug-likeness (QED) is 0.833. The number of nitrogens with one attached hydrogen (secondary N) is 1. The molecule has 0 saturated carbocycles. The highest BCUT2D eigenvalue weighted by Gasteiger charge is 2.23. The van der Waals surface area contributed by atoms with Gasteiger partial charge in [-0.2, -0.15) is 0 Å². The molecule has 1 fully saturated rings. The zero-order valence-corrected chi connectivity index (χ0v) is 14.9. The van der Waals surface area contributed by atoms with Gasteiger partial charge in [-0.3, -0.25) is 9.78 Å². The van der Waals surface area contributed by atoms with E-state index >= 15 is 0 Å². The minimum absolute atomic E-state index is 0.0209. The summed E-state index contributed by atoms with van der Waals surface area (Å²) in [5, 5.41) is 4.31. The van der Waals surface area contributed by atoms with Crippen LogP contribution in [-0.2, 0) is 0 Å². The third-order valence-corrected chi connectivity index (χ3v) is 4.68. The van der Waals surface area contributed by atoms with Gasteiger partial charge in [-0.05, 0) is 49.1 Å². The Labute approximate surface area is 151 Å². The number of hydrogen-bond donors (Lipinski definition) is 1. The third-order valence-electron chi connectivity index (χ3n) is 4.13. The van der Waals surface area contributed by atoms with Crippen LogP contribution in [0.3, 0.4) is 0 Å². The Bertz CT molecular complexity index is 751. The summed E-state index contributed by atoms with van der Waals surface area (Å²) < 4.78 is 0. The minimum Gasteiger partial charge on any atom is -0.354 e. The van der Waals surface area contributed by atoms with Crippen LogP contribution in [-0.4, -0.2) is 28.9 Å². The molecule has 1 aliphatic heterocycles. The largest absolute Gasteiger partial charge is 0.354 e. The monoisotopic (exact) mass is 363 g/mol. The van der Waals surface area contributed by atoms with Gasteiger partial charge in [-0.25, -0.2) is 0 Å². The second-order valence-corrected chi connectivity index (χ2v) is 7.02. The molecule has 3 rings (SSSR count). The topological polar surface area (TPSA) is 45.2 Å². The lowest BCUT2D eigenvalue weighted by Crippen LogP contribution is -2.39. The zero-order valence-electron chi connectivity index (χ0n) is 13.4. The average Bonchev–Trinajstić information content (AvgIpc) is 2.57. The smallest absolute Gasteiger partial charge is 0.272 e. The Morgan fingerprint density at radius 3 is 2.88 bits per heavy atom. The number of rotatable bonds is 3. The number of hydrogen-bond acceptors (Lipinski definition) is 3. The number of amides is 1. The van der Waals surface area contributed by atoms with Crippen molar-refractivity contribution in [2.24, 2.45) is 5.92 Å². The van der Waals surface area contributed by atoms with Gasteiger partial charge in [-0.15, -0.1) is 0 Å². The second-order valence-electron chi connectivity index (χ2n) is 6.18. The number of aromatic nitrogens is 1. The lowest BCUT2D eigenvalue weighted by atomic mass is 10.00. The molecule has 1 aromatic carbocycles. The SMILES string of the molecule is CC1CCCN(C(=O)c2cc(Nc3ccc(Cl)cc3Cl)ccn2)C1. The Balaban J connectivity index is 1.77. The van der Waals surface area contributed by atoms with Crippen LogP contribution in [0, 0.1) is 5.92 Å². The van der Waals surface area contributed by atoms with Crippen LogP contribution in [0.4, 0.5) is 11.4 Å². The van der Waals surface area contributed by atoms with Crippen molar-refractivity contribution < 1.29 is 4.79 Å². The summed E-state index contributed by atoms with van der Waals surface area (Å²) in [6, 6.07) is 8.80. The van der Waals surface area contributed by atoms with Gasteiger partial charge < -0.3 is 10.2 Å². The first-order chi connectivity index (χ1) is 11.5. The summed E-state index contributed by atoms with van der Waals surface area (Å²) in [6.45, 7) is 3.76. The van der Waals surface area contributed by atoms with Gasteiger partial charge in [0.2, 0.25) is 0 Å². The van der Waals surface area contributed by atoms with Crippen LogP contribution in [0.5, 0.6) is 0 Å². The number of anilines is 2. The minimum atomic E-state index is -0.0209. The van der Waals surface area contributed by atoms with E-state index in [1.54, 1.807) is 36.5 Å².